The van der Waals surface area contributed by atoms with Crippen LogP contribution in [-0.2, 0) is 6.54 Å². The van der Waals surface area contributed by atoms with Crippen LogP contribution in [0, 0.1) is 0 Å². The Morgan fingerprint density at radius 2 is 2.00 bits per heavy atom. The number of ether oxygens (including phenoxy) is 1. The standard InChI is InChI=1S/C10H14BF3NO/c1-15(8-11(12,13)14)7-9-4-3-5-10(6-9)16-2/h3-6H,7-8H2,1-2H3/q-1. The average Bonchev–Trinajstić information content (AvgIpc) is 2.15. The fourth-order valence-corrected chi connectivity index (χ4v) is 1.50. The lowest BCUT2D eigenvalue weighted by molar-refractivity contribution is 0.322. The molecule has 0 aromatic heterocycles. The van der Waals surface area contributed by atoms with Crippen LogP contribution >= 0.6 is 0 Å². The molecular formula is C10H14BF3NO-. The molecule has 0 unspecified atom stereocenters. The van der Waals surface area contributed by atoms with Crippen LogP contribution in [0.5, 0.6) is 5.75 Å². The fraction of sp³-hybridized carbons (Fsp3) is 0.400. The number of benzene rings is 1. The minimum Gasteiger partial charge on any atom is -0.497 e. The highest BCUT2D eigenvalue weighted by atomic mass is 19.4. The normalized spacial score (nSPS) is 11.9. The zero-order chi connectivity index (χ0) is 12.2. The van der Waals surface area contributed by atoms with E-state index in [0.717, 1.165) is 5.56 Å². The van der Waals surface area contributed by atoms with E-state index in [4.69, 9.17) is 4.74 Å². The summed E-state index contributed by atoms with van der Waals surface area (Å²) in [6, 6.07) is 7.04. The van der Waals surface area contributed by atoms with E-state index in [2.05, 4.69) is 0 Å². The predicted molar refractivity (Wildman–Crippen MR) is 58.4 cm³/mol. The molecule has 90 valence electrons. The van der Waals surface area contributed by atoms with Crippen LogP contribution in [0.25, 0.3) is 0 Å². The molecule has 0 fully saturated rings. The molecule has 0 bridgehead atoms. The van der Waals surface area contributed by atoms with Gasteiger partial charge in [-0.1, -0.05) is 12.1 Å². The molecule has 0 saturated heterocycles. The molecule has 0 amide bonds. The monoisotopic (exact) mass is 232 g/mol. The summed E-state index contributed by atoms with van der Waals surface area (Å²) in [7, 11) is 2.98. The minimum atomic E-state index is -4.76. The predicted octanol–water partition coefficient (Wildman–Crippen LogP) is 2.51. The van der Waals surface area contributed by atoms with Crippen molar-refractivity contribution in [1.29, 1.82) is 0 Å². The van der Waals surface area contributed by atoms with Gasteiger partial charge in [0, 0.05) is 6.54 Å². The molecule has 6 heteroatoms. The van der Waals surface area contributed by atoms with Gasteiger partial charge in [0.15, 0.2) is 0 Å². The Hall–Kier alpha value is -1.17. The second-order valence-corrected chi connectivity index (χ2v) is 3.76. The van der Waals surface area contributed by atoms with E-state index in [1.165, 1.54) is 19.1 Å². The van der Waals surface area contributed by atoms with E-state index in [-0.39, 0.29) is 6.54 Å². The second-order valence-electron chi connectivity index (χ2n) is 3.76. The van der Waals surface area contributed by atoms with Crippen molar-refractivity contribution < 1.29 is 17.7 Å². The summed E-state index contributed by atoms with van der Waals surface area (Å²) < 4.78 is 41.5. The van der Waals surface area contributed by atoms with E-state index in [1.807, 2.05) is 0 Å². The van der Waals surface area contributed by atoms with Gasteiger partial charge in [0.25, 0.3) is 0 Å². The maximum atomic E-state index is 12.2. The molecule has 1 rings (SSSR count). The number of rotatable bonds is 5. The van der Waals surface area contributed by atoms with E-state index >= 15 is 0 Å². The van der Waals surface area contributed by atoms with Gasteiger partial charge >= 0.3 is 6.98 Å². The van der Waals surface area contributed by atoms with Gasteiger partial charge in [-0.15, -0.1) is 0 Å². The van der Waals surface area contributed by atoms with Gasteiger partial charge in [-0.2, -0.15) is 0 Å². The van der Waals surface area contributed by atoms with Crippen molar-refractivity contribution in [3.63, 3.8) is 0 Å². The SMILES string of the molecule is COc1cccc(CN(C)C[B-](F)(F)F)c1. The van der Waals surface area contributed by atoms with Crippen molar-refractivity contribution in [2.45, 2.75) is 6.54 Å². The summed E-state index contributed by atoms with van der Waals surface area (Å²) >= 11 is 0. The van der Waals surface area contributed by atoms with E-state index in [0.29, 0.717) is 5.75 Å². The largest absolute Gasteiger partial charge is 0.497 e. The molecule has 2 nitrogen and oxygen atoms in total. The molecule has 0 aliphatic heterocycles. The van der Waals surface area contributed by atoms with Crippen LogP contribution in [0.1, 0.15) is 5.56 Å². The van der Waals surface area contributed by atoms with Gasteiger partial charge < -0.3 is 22.6 Å². The summed E-state index contributed by atoms with van der Waals surface area (Å²) in [5.74, 6) is 0.656. The molecule has 0 aliphatic carbocycles. The highest BCUT2D eigenvalue weighted by Gasteiger charge is 2.24. The van der Waals surface area contributed by atoms with Crippen LogP contribution in [0.15, 0.2) is 24.3 Å². The quantitative estimate of drug-likeness (QED) is 0.723. The number of methoxy groups -OCH3 is 1. The van der Waals surface area contributed by atoms with Crippen LogP contribution < -0.4 is 4.74 Å². The lowest BCUT2D eigenvalue weighted by atomic mass is 9.91. The van der Waals surface area contributed by atoms with E-state index in [1.54, 1.807) is 24.3 Å². The highest BCUT2D eigenvalue weighted by molar-refractivity contribution is 6.58. The lowest BCUT2D eigenvalue weighted by Crippen LogP contribution is -2.35. The Kier molecular flexibility index (Phi) is 4.23. The molecule has 1 aromatic carbocycles. The molecule has 0 atom stereocenters. The van der Waals surface area contributed by atoms with Crippen molar-refractivity contribution in [3.8, 4) is 5.75 Å². The maximum absolute atomic E-state index is 12.2. The van der Waals surface area contributed by atoms with Crippen LogP contribution in [0.4, 0.5) is 12.9 Å². The van der Waals surface area contributed by atoms with Crippen molar-refractivity contribution in [1.82, 2.24) is 4.90 Å². The first-order valence-electron chi connectivity index (χ1n) is 4.93. The van der Waals surface area contributed by atoms with Gasteiger partial charge in [0.2, 0.25) is 0 Å². The maximum Gasteiger partial charge on any atom is 0.492 e. The lowest BCUT2D eigenvalue weighted by Gasteiger charge is -2.23. The summed E-state index contributed by atoms with van der Waals surface area (Å²) in [5, 5.41) is 0. The Morgan fingerprint density at radius 3 is 2.56 bits per heavy atom. The highest BCUT2D eigenvalue weighted by Crippen LogP contribution is 2.15. The van der Waals surface area contributed by atoms with E-state index in [9.17, 15) is 12.9 Å². The minimum absolute atomic E-state index is 0.262. The zero-order valence-corrected chi connectivity index (χ0v) is 9.29. The van der Waals surface area contributed by atoms with E-state index < -0.39 is 13.4 Å². The molecule has 0 heterocycles. The van der Waals surface area contributed by atoms with Crippen LogP contribution in [0.2, 0.25) is 0 Å². The van der Waals surface area contributed by atoms with Gasteiger partial charge in [-0.3, -0.25) is 0 Å². The number of hydrogen-bond acceptors (Lipinski definition) is 2. The molecule has 0 saturated carbocycles. The smallest absolute Gasteiger partial charge is 0.492 e. The second kappa shape index (κ2) is 5.25. The zero-order valence-electron chi connectivity index (χ0n) is 9.29. The molecule has 0 spiro atoms. The number of halogens is 3. The summed E-state index contributed by atoms with van der Waals surface area (Å²) in [6.07, 6.45) is -0.850. The summed E-state index contributed by atoms with van der Waals surface area (Å²) in [4.78, 5) is 1.24. The van der Waals surface area contributed by atoms with Gasteiger partial charge in [-0.25, -0.2) is 0 Å². The van der Waals surface area contributed by atoms with Crippen molar-refractivity contribution in [3.05, 3.63) is 29.8 Å². The van der Waals surface area contributed by atoms with Crippen LogP contribution in [0.3, 0.4) is 0 Å². The Balaban J connectivity index is 2.59. The summed E-state index contributed by atoms with van der Waals surface area (Å²) in [5.41, 5.74) is 0.807. The van der Waals surface area contributed by atoms with Gasteiger partial charge in [-0.05, 0) is 31.2 Å². The molecule has 16 heavy (non-hydrogen) atoms. The molecule has 1 aromatic rings. The first-order chi connectivity index (χ1) is 7.40. The van der Waals surface area contributed by atoms with Gasteiger partial charge in [0.1, 0.15) is 5.75 Å². The third kappa shape index (κ3) is 4.57. The third-order valence-electron chi connectivity index (χ3n) is 2.11. The Bertz CT molecular complexity index is 343. The number of nitrogens with zero attached hydrogens (tertiary/aromatic N) is 1. The topological polar surface area (TPSA) is 12.5 Å². The Labute approximate surface area is 93.1 Å². The average molecular weight is 232 g/mol. The van der Waals surface area contributed by atoms with Crippen LogP contribution in [-0.4, -0.2) is 32.5 Å². The number of hydrogen-bond donors (Lipinski definition) is 0. The van der Waals surface area contributed by atoms with Gasteiger partial charge in [0.05, 0.1) is 7.11 Å². The Morgan fingerprint density at radius 1 is 1.31 bits per heavy atom. The third-order valence-corrected chi connectivity index (χ3v) is 2.11. The molecule has 0 N–H and O–H groups in total. The molecule has 0 radical (unpaired) electrons. The van der Waals surface area contributed by atoms with Crippen molar-refractivity contribution in [2.24, 2.45) is 0 Å². The van der Waals surface area contributed by atoms with Crippen molar-refractivity contribution in [2.75, 3.05) is 20.6 Å². The van der Waals surface area contributed by atoms with Crippen molar-refractivity contribution >= 4 is 6.98 Å². The fourth-order valence-electron chi connectivity index (χ4n) is 1.50. The first kappa shape index (κ1) is 12.9. The molecule has 0 aliphatic rings. The first-order valence-corrected chi connectivity index (χ1v) is 4.93. The summed E-state index contributed by atoms with van der Waals surface area (Å²) in [6.45, 7) is -4.50. The molecular weight excluding hydrogens is 218 g/mol.